The van der Waals surface area contributed by atoms with Gasteiger partial charge in [-0.15, -0.1) is 0 Å². The Morgan fingerprint density at radius 1 is 1.20 bits per heavy atom. The molecule has 1 aliphatic rings. The van der Waals surface area contributed by atoms with Gasteiger partial charge in [-0.3, -0.25) is 0 Å². The number of ether oxygens (including phenoxy) is 1. The standard InChI is InChI=1S/C18H23N5O2/c1-25-16-5-3-14(4-6-16)13-21-18(24)22-15-7-11-23(12-8-15)17-19-9-2-10-20-17/h2-6,9-10,15H,7-8,11-13H2,1H3,(H2,21,22,24). The minimum atomic E-state index is -0.134. The maximum absolute atomic E-state index is 12.1. The van der Waals surface area contributed by atoms with Gasteiger partial charge in [-0.2, -0.15) is 0 Å². The first-order chi connectivity index (χ1) is 12.2. The molecular formula is C18H23N5O2. The molecule has 0 saturated carbocycles. The zero-order chi connectivity index (χ0) is 17.5. The van der Waals surface area contributed by atoms with E-state index in [-0.39, 0.29) is 12.1 Å². The van der Waals surface area contributed by atoms with E-state index >= 15 is 0 Å². The summed E-state index contributed by atoms with van der Waals surface area (Å²) in [6.07, 6.45) is 5.26. The second-order valence-corrected chi connectivity index (χ2v) is 5.99. The average Bonchev–Trinajstić information content (AvgIpc) is 2.68. The van der Waals surface area contributed by atoms with Crippen LogP contribution < -0.4 is 20.3 Å². The monoisotopic (exact) mass is 341 g/mol. The summed E-state index contributed by atoms with van der Waals surface area (Å²) in [6, 6.07) is 9.51. The first-order valence-electron chi connectivity index (χ1n) is 8.44. The van der Waals surface area contributed by atoms with Gasteiger partial charge in [-0.05, 0) is 36.6 Å². The molecule has 0 atom stereocenters. The van der Waals surface area contributed by atoms with Crippen LogP contribution in [-0.4, -0.2) is 42.2 Å². The molecule has 1 saturated heterocycles. The average molecular weight is 341 g/mol. The Morgan fingerprint density at radius 3 is 2.52 bits per heavy atom. The number of nitrogens with zero attached hydrogens (tertiary/aromatic N) is 3. The minimum Gasteiger partial charge on any atom is -0.497 e. The lowest BCUT2D eigenvalue weighted by Crippen LogP contribution is -2.48. The van der Waals surface area contributed by atoms with Crippen molar-refractivity contribution in [3.05, 3.63) is 48.3 Å². The first kappa shape index (κ1) is 17.0. The predicted octanol–water partition coefficient (Wildman–Crippen LogP) is 1.95. The summed E-state index contributed by atoms with van der Waals surface area (Å²) in [4.78, 5) is 22.8. The molecule has 0 radical (unpaired) electrons. The number of carbonyl (C=O) groups excluding carboxylic acids is 1. The van der Waals surface area contributed by atoms with Gasteiger partial charge in [0.1, 0.15) is 5.75 Å². The smallest absolute Gasteiger partial charge is 0.315 e. The van der Waals surface area contributed by atoms with E-state index in [1.165, 1.54) is 0 Å². The van der Waals surface area contributed by atoms with Crippen LogP contribution in [0.4, 0.5) is 10.7 Å². The Bertz CT molecular complexity index is 670. The highest BCUT2D eigenvalue weighted by molar-refractivity contribution is 5.74. The van der Waals surface area contributed by atoms with Crippen LogP contribution in [0.2, 0.25) is 0 Å². The number of anilines is 1. The fraction of sp³-hybridized carbons (Fsp3) is 0.389. The molecule has 2 amide bonds. The Kier molecular flexibility index (Phi) is 5.66. The summed E-state index contributed by atoms with van der Waals surface area (Å²) >= 11 is 0. The SMILES string of the molecule is COc1ccc(CNC(=O)NC2CCN(c3ncccn3)CC2)cc1. The number of nitrogens with one attached hydrogen (secondary N) is 2. The molecule has 0 bridgehead atoms. The Morgan fingerprint density at radius 2 is 1.88 bits per heavy atom. The van der Waals surface area contributed by atoms with Gasteiger partial charge in [0.05, 0.1) is 7.11 Å². The van der Waals surface area contributed by atoms with Gasteiger partial charge in [0.15, 0.2) is 0 Å². The molecule has 0 unspecified atom stereocenters. The van der Waals surface area contributed by atoms with Gasteiger partial charge in [-0.1, -0.05) is 12.1 Å². The third-order valence-corrected chi connectivity index (χ3v) is 4.28. The zero-order valence-electron chi connectivity index (χ0n) is 14.3. The van der Waals surface area contributed by atoms with Crippen LogP contribution in [-0.2, 0) is 6.54 Å². The normalized spacial score (nSPS) is 14.8. The van der Waals surface area contributed by atoms with Crippen LogP contribution in [0, 0.1) is 0 Å². The second kappa shape index (κ2) is 8.32. The molecular weight excluding hydrogens is 318 g/mol. The summed E-state index contributed by atoms with van der Waals surface area (Å²) in [5.74, 6) is 1.56. The summed E-state index contributed by atoms with van der Waals surface area (Å²) in [6.45, 7) is 2.17. The summed E-state index contributed by atoms with van der Waals surface area (Å²) in [5, 5.41) is 5.94. The molecule has 2 N–H and O–H groups in total. The van der Waals surface area contributed by atoms with Crippen LogP contribution >= 0.6 is 0 Å². The maximum atomic E-state index is 12.1. The molecule has 2 heterocycles. The zero-order valence-corrected chi connectivity index (χ0v) is 14.3. The van der Waals surface area contributed by atoms with E-state index in [0.717, 1.165) is 43.2 Å². The number of carbonyl (C=O) groups is 1. The Hall–Kier alpha value is -2.83. The van der Waals surface area contributed by atoms with Gasteiger partial charge < -0.3 is 20.3 Å². The van der Waals surface area contributed by atoms with E-state index in [4.69, 9.17) is 4.74 Å². The van der Waals surface area contributed by atoms with Crippen molar-refractivity contribution in [2.75, 3.05) is 25.1 Å². The number of benzene rings is 1. The Balaban J connectivity index is 1.40. The Labute approximate surface area is 147 Å². The topological polar surface area (TPSA) is 79.4 Å². The van der Waals surface area contributed by atoms with Crippen molar-refractivity contribution in [3.8, 4) is 5.75 Å². The molecule has 132 valence electrons. The molecule has 0 aliphatic carbocycles. The van der Waals surface area contributed by atoms with Gasteiger partial charge >= 0.3 is 6.03 Å². The van der Waals surface area contributed by atoms with E-state index in [9.17, 15) is 4.79 Å². The van der Waals surface area contributed by atoms with Crippen molar-refractivity contribution in [1.29, 1.82) is 0 Å². The molecule has 25 heavy (non-hydrogen) atoms. The lowest BCUT2D eigenvalue weighted by atomic mass is 10.1. The third-order valence-electron chi connectivity index (χ3n) is 4.28. The quantitative estimate of drug-likeness (QED) is 0.869. The number of piperidine rings is 1. The van der Waals surface area contributed by atoms with Crippen molar-refractivity contribution in [2.45, 2.75) is 25.4 Å². The van der Waals surface area contributed by atoms with Crippen LogP contribution in [0.25, 0.3) is 0 Å². The van der Waals surface area contributed by atoms with E-state index in [0.29, 0.717) is 6.54 Å². The summed E-state index contributed by atoms with van der Waals surface area (Å²) in [5.41, 5.74) is 1.03. The highest BCUT2D eigenvalue weighted by atomic mass is 16.5. The number of hydrogen-bond acceptors (Lipinski definition) is 5. The van der Waals surface area contributed by atoms with E-state index < -0.39 is 0 Å². The maximum Gasteiger partial charge on any atom is 0.315 e. The molecule has 7 heteroatoms. The van der Waals surface area contributed by atoms with Crippen LogP contribution in [0.5, 0.6) is 5.75 Å². The molecule has 2 aromatic rings. The number of urea groups is 1. The minimum absolute atomic E-state index is 0.134. The van der Waals surface area contributed by atoms with Gasteiger partial charge in [0.25, 0.3) is 0 Å². The van der Waals surface area contributed by atoms with Crippen molar-refractivity contribution in [1.82, 2.24) is 20.6 Å². The molecule has 7 nitrogen and oxygen atoms in total. The molecule has 1 aliphatic heterocycles. The van der Waals surface area contributed by atoms with Crippen molar-refractivity contribution < 1.29 is 9.53 Å². The third kappa shape index (κ3) is 4.82. The van der Waals surface area contributed by atoms with E-state index in [2.05, 4.69) is 25.5 Å². The second-order valence-electron chi connectivity index (χ2n) is 5.99. The van der Waals surface area contributed by atoms with E-state index in [1.54, 1.807) is 19.5 Å². The molecule has 1 aromatic carbocycles. The van der Waals surface area contributed by atoms with Crippen LogP contribution in [0.3, 0.4) is 0 Å². The molecule has 0 spiro atoms. The number of hydrogen-bond donors (Lipinski definition) is 2. The number of rotatable bonds is 5. The number of amides is 2. The van der Waals surface area contributed by atoms with Gasteiger partial charge in [-0.25, -0.2) is 14.8 Å². The van der Waals surface area contributed by atoms with E-state index in [1.807, 2.05) is 30.3 Å². The van der Waals surface area contributed by atoms with Crippen molar-refractivity contribution in [3.63, 3.8) is 0 Å². The largest absolute Gasteiger partial charge is 0.497 e. The highest BCUT2D eigenvalue weighted by Crippen LogP contribution is 2.15. The number of aromatic nitrogens is 2. The van der Waals surface area contributed by atoms with Crippen LogP contribution in [0.1, 0.15) is 18.4 Å². The van der Waals surface area contributed by atoms with Crippen LogP contribution in [0.15, 0.2) is 42.7 Å². The lowest BCUT2D eigenvalue weighted by Gasteiger charge is -2.32. The highest BCUT2D eigenvalue weighted by Gasteiger charge is 2.21. The molecule has 1 aromatic heterocycles. The van der Waals surface area contributed by atoms with Crippen molar-refractivity contribution in [2.24, 2.45) is 0 Å². The molecule has 1 fully saturated rings. The molecule has 3 rings (SSSR count). The summed E-state index contributed by atoms with van der Waals surface area (Å²) in [7, 11) is 1.63. The fourth-order valence-corrected chi connectivity index (χ4v) is 2.84. The summed E-state index contributed by atoms with van der Waals surface area (Å²) < 4.78 is 5.12. The lowest BCUT2D eigenvalue weighted by molar-refractivity contribution is 0.234. The first-order valence-corrected chi connectivity index (χ1v) is 8.44. The van der Waals surface area contributed by atoms with Gasteiger partial charge in [0, 0.05) is 38.1 Å². The fourth-order valence-electron chi connectivity index (χ4n) is 2.84. The van der Waals surface area contributed by atoms with Crippen molar-refractivity contribution >= 4 is 12.0 Å². The number of methoxy groups -OCH3 is 1. The van der Waals surface area contributed by atoms with Gasteiger partial charge in [0.2, 0.25) is 5.95 Å². The predicted molar refractivity (Wildman–Crippen MR) is 95.6 cm³/mol.